The first-order valence-corrected chi connectivity index (χ1v) is 20.5. The Morgan fingerprint density at radius 2 is 1.17 bits per heavy atom. The summed E-state index contributed by atoms with van der Waals surface area (Å²) in [5.41, 5.74) is 12.2. The van der Waals surface area contributed by atoms with Crippen molar-refractivity contribution in [2.75, 3.05) is 0 Å². The van der Waals surface area contributed by atoms with Gasteiger partial charge in [0.25, 0.3) is 0 Å². The van der Waals surface area contributed by atoms with Crippen molar-refractivity contribution < 1.29 is 0 Å². The Morgan fingerprint density at radius 1 is 0.500 bits per heavy atom. The summed E-state index contributed by atoms with van der Waals surface area (Å²) in [4.78, 5) is 11.0. The largest absolute Gasteiger partial charge is 0.313 e. The first-order chi connectivity index (χ1) is 29.7. The lowest BCUT2D eigenvalue weighted by Crippen LogP contribution is -2.03. The third kappa shape index (κ3) is 4.41. The van der Waals surface area contributed by atoms with E-state index in [1.54, 1.807) is 6.08 Å². The topological polar surface area (TPSA) is 40.0 Å². The van der Waals surface area contributed by atoms with E-state index in [0.717, 1.165) is 44.4 Å². The van der Waals surface area contributed by atoms with E-state index in [1.165, 1.54) is 75.9 Å². The average molecular weight is 766 g/mol. The Balaban J connectivity index is 1.13. The third-order valence-electron chi connectivity index (χ3n) is 12.6. The van der Waals surface area contributed by atoms with Gasteiger partial charge in [-0.15, -0.1) is 0 Å². The minimum absolute atomic E-state index is 0.650. The lowest BCUT2D eigenvalue weighted by Gasteiger charge is -2.12. The molecule has 280 valence electrons. The van der Waals surface area contributed by atoms with Crippen molar-refractivity contribution >= 4 is 109 Å². The second kappa shape index (κ2) is 12.2. The summed E-state index contributed by atoms with van der Waals surface area (Å²) < 4.78 is 7.13. The van der Waals surface area contributed by atoms with E-state index in [0.29, 0.717) is 5.95 Å². The second-order valence-corrected chi connectivity index (χ2v) is 15.9. The predicted molar refractivity (Wildman–Crippen MR) is 254 cm³/mol. The van der Waals surface area contributed by atoms with Crippen LogP contribution in [0.25, 0.3) is 126 Å². The van der Waals surface area contributed by atoms with Gasteiger partial charge in [0.1, 0.15) is 0 Å². The van der Waals surface area contributed by atoms with Gasteiger partial charge in [0.2, 0.25) is 5.95 Å². The highest BCUT2D eigenvalue weighted by molar-refractivity contribution is 6.36. The van der Waals surface area contributed by atoms with E-state index in [1.807, 2.05) is 12.2 Å². The fourth-order valence-electron chi connectivity index (χ4n) is 10.1. The van der Waals surface area contributed by atoms with Crippen molar-refractivity contribution in [3.8, 4) is 17.2 Å². The number of nitrogens with zero attached hydrogens (tertiary/aromatic N) is 5. The molecule has 0 saturated carbocycles. The smallest absolute Gasteiger partial charge is 0.235 e. The summed E-state index contributed by atoms with van der Waals surface area (Å²) in [5, 5.41) is 13.2. The molecule has 0 N–H and O–H groups in total. The van der Waals surface area contributed by atoms with Gasteiger partial charge in [-0.2, -0.15) is 0 Å². The molecule has 0 fully saturated rings. The molecule has 0 atom stereocenters. The van der Waals surface area contributed by atoms with Gasteiger partial charge >= 0.3 is 0 Å². The molecule has 60 heavy (non-hydrogen) atoms. The minimum atomic E-state index is 0.650. The monoisotopic (exact) mass is 765 g/mol. The Kier molecular flexibility index (Phi) is 6.74. The van der Waals surface area contributed by atoms with Crippen LogP contribution in [-0.4, -0.2) is 23.5 Å². The van der Waals surface area contributed by atoms with Crippen molar-refractivity contribution in [3.05, 3.63) is 189 Å². The van der Waals surface area contributed by atoms with Crippen molar-refractivity contribution in [1.29, 1.82) is 0 Å². The van der Waals surface area contributed by atoms with Gasteiger partial charge in [-0.1, -0.05) is 128 Å². The van der Waals surface area contributed by atoms with Crippen LogP contribution in [-0.2, 0) is 0 Å². The number of hydrogen-bond acceptors (Lipinski definition) is 2. The van der Waals surface area contributed by atoms with Crippen LogP contribution >= 0.6 is 0 Å². The fraction of sp³-hybridized carbons (Fsp3) is 0.0182. The van der Waals surface area contributed by atoms with Crippen molar-refractivity contribution in [2.24, 2.45) is 0 Å². The normalized spacial score (nSPS) is 12.8. The molecule has 0 aliphatic rings. The highest BCUT2D eigenvalue weighted by Crippen LogP contribution is 2.47. The summed E-state index contributed by atoms with van der Waals surface area (Å²) in [7, 11) is 0. The van der Waals surface area contributed by atoms with Crippen LogP contribution in [0, 0.1) is 0 Å². The zero-order valence-electron chi connectivity index (χ0n) is 32.8. The summed E-state index contributed by atoms with van der Waals surface area (Å²) in [6.07, 6.45) is 7.94. The number of hydrogen-bond donors (Lipinski definition) is 0. The molecule has 0 amide bonds. The van der Waals surface area contributed by atoms with Crippen molar-refractivity contribution in [2.45, 2.75) is 6.92 Å². The van der Waals surface area contributed by atoms with E-state index >= 15 is 0 Å². The number of rotatable bonds is 5. The Labute approximate surface area is 344 Å². The van der Waals surface area contributed by atoms with E-state index in [9.17, 15) is 0 Å². The average Bonchev–Trinajstić information content (AvgIpc) is 4.01. The molecule has 8 aromatic carbocycles. The van der Waals surface area contributed by atoms with Crippen LogP contribution in [0.15, 0.2) is 189 Å². The molecule has 0 aliphatic heterocycles. The molecule has 0 saturated heterocycles. The molecular weight excluding hydrogens is 731 g/mol. The fourth-order valence-corrected chi connectivity index (χ4v) is 10.1. The van der Waals surface area contributed by atoms with E-state index < -0.39 is 0 Å². The zero-order chi connectivity index (χ0) is 39.6. The Bertz CT molecular complexity index is 4040. The molecule has 0 radical (unpaired) electrons. The SMILES string of the molecule is C=C/C=C\C=C(/C)n1c2ccccc2c2cc(-c3nc(-n4c5ccccc5c5c6c7cc8ccccc8cc7n7c8ccccc8c(cc54)c67)nc4ccccc34)ccc21. The maximum absolute atomic E-state index is 5.59. The lowest BCUT2D eigenvalue weighted by molar-refractivity contribution is 1.01. The maximum atomic E-state index is 5.59. The summed E-state index contributed by atoms with van der Waals surface area (Å²) in [6, 6.07) is 57.3. The molecule has 5 nitrogen and oxygen atoms in total. The molecule has 0 bridgehead atoms. The number of fused-ring (bicyclic) bond motifs is 15. The highest BCUT2D eigenvalue weighted by Gasteiger charge is 2.26. The van der Waals surface area contributed by atoms with E-state index in [-0.39, 0.29) is 0 Å². The summed E-state index contributed by atoms with van der Waals surface area (Å²) in [6.45, 7) is 6.00. The van der Waals surface area contributed by atoms with Gasteiger partial charge in [0.05, 0.1) is 49.8 Å². The first kappa shape index (κ1) is 33.0. The Morgan fingerprint density at radius 3 is 1.98 bits per heavy atom. The molecule has 5 heterocycles. The number of benzene rings is 8. The first-order valence-electron chi connectivity index (χ1n) is 20.5. The van der Waals surface area contributed by atoms with Crippen LogP contribution < -0.4 is 0 Å². The van der Waals surface area contributed by atoms with Crippen molar-refractivity contribution in [3.63, 3.8) is 0 Å². The van der Waals surface area contributed by atoms with Gasteiger partial charge in [-0.25, -0.2) is 9.97 Å². The Hall–Kier alpha value is -8.02. The van der Waals surface area contributed by atoms with Gasteiger partial charge in [0.15, 0.2) is 0 Å². The number of para-hydroxylation sites is 4. The van der Waals surface area contributed by atoms with Crippen LogP contribution in [0.2, 0.25) is 0 Å². The number of aromatic nitrogens is 5. The quantitative estimate of drug-likeness (QED) is 0.164. The summed E-state index contributed by atoms with van der Waals surface area (Å²) >= 11 is 0. The molecule has 13 aromatic rings. The van der Waals surface area contributed by atoms with Gasteiger partial charge in [-0.3, -0.25) is 4.57 Å². The van der Waals surface area contributed by atoms with Crippen LogP contribution in [0.1, 0.15) is 6.92 Å². The van der Waals surface area contributed by atoms with Crippen LogP contribution in [0.3, 0.4) is 0 Å². The molecular formula is C55H35N5. The van der Waals surface area contributed by atoms with Crippen molar-refractivity contribution in [1.82, 2.24) is 23.5 Å². The maximum Gasteiger partial charge on any atom is 0.235 e. The van der Waals surface area contributed by atoms with Gasteiger partial charge in [0, 0.05) is 59.7 Å². The molecule has 0 spiro atoms. The molecule has 0 unspecified atom stereocenters. The molecule has 13 rings (SSSR count). The standard InChI is InChI=1S/C55H35N5/c1-3-4-5-16-33(2)58-45-24-13-9-19-37(45)41-30-36(27-28-48(41)58)53-39-21-8-12-23-44(39)56-55(57-53)60-47-26-15-11-22-40(47)51-50(60)32-42-38-20-10-14-25-46(38)59-49-31-35-18-7-6-17-34(35)29-43(49)52(51)54(42)59/h3-32H,1H2,2H3/b5-4-,33-16+. The third-order valence-corrected chi connectivity index (χ3v) is 12.6. The van der Waals surface area contributed by atoms with Gasteiger partial charge in [-0.05, 0) is 78.4 Å². The van der Waals surface area contributed by atoms with E-state index in [2.05, 4.69) is 191 Å². The molecule has 0 aliphatic carbocycles. The number of allylic oxidation sites excluding steroid dienone is 5. The summed E-state index contributed by atoms with van der Waals surface area (Å²) in [5.74, 6) is 0.650. The van der Waals surface area contributed by atoms with E-state index in [4.69, 9.17) is 9.97 Å². The van der Waals surface area contributed by atoms with Crippen LogP contribution in [0.4, 0.5) is 0 Å². The minimum Gasteiger partial charge on any atom is -0.313 e. The highest BCUT2D eigenvalue weighted by atomic mass is 15.2. The lowest BCUT2D eigenvalue weighted by atomic mass is 10.0. The molecule has 5 heteroatoms. The zero-order valence-corrected chi connectivity index (χ0v) is 32.8. The van der Waals surface area contributed by atoms with Gasteiger partial charge < -0.3 is 8.97 Å². The van der Waals surface area contributed by atoms with Crippen LogP contribution in [0.5, 0.6) is 0 Å². The molecule has 5 aromatic heterocycles. The second-order valence-electron chi connectivity index (χ2n) is 15.9. The predicted octanol–water partition coefficient (Wildman–Crippen LogP) is 14.4.